The van der Waals surface area contributed by atoms with Crippen molar-refractivity contribution in [1.82, 2.24) is 4.72 Å². The Morgan fingerprint density at radius 2 is 1.72 bits per heavy atom. The van der Waals surface area contributed by atoms with E-state index in [0.717, 1.165) is 11.1 Å². The lowest BCUT2D eigenvalue weighted by Crippen LogP contribution is -2.45. The summed E-state index contributed by atoms with van der Waals surface area (Å²) in [5.41, 5.74) is 3.16. The van der Waals surface area contributed by atoms with Gasteiger partial charge >= 0.3 is 0 Å². The molecule has 1 atom stereocenters. The number of ether oxygens (including phenoxy) is 1. The van der Waals surface area contributed by atoms with Crippen molar-refractivity contribution in [3.63, 3.8) is 0 Å². The lowest BCUT2D eigenvalue weighted by molar-refractivity contribution is -0.117. The van der Waals surface area contributed by atoms with Gasteiger partial charge in [0.05, 0.1) is 11.5 Å². The quantitative estimate of drug-likeness (QED) is 0.509. The van der Waals surface area contributed by atoms with Crippen molar-refractivity contribution in [2.24, 2.45) is 0 Å². The largest absolute Gasteiger partial charge is 0.494 e. The van der Waals surface area contributed by atoms with E-state index in [1.165, 1.54) is 6.07 Å². The first-order chi connectivity index (χ1) is 15.3. The van der Waals surface area contributed by atoms with E-state index in [1.54, 1.807) is 25.1 Å². The van der Waals surface area contributed by atoms with E-state index in [0.29, 0.717) is 23.6 Å². The molecule has 0 heterocycles. The van der Waals surface area contributed by atoms with Crippen molar-refractivity contribution < 1.29 is 17.9 Å². The van der Waals surface area contributed by atoms with Gasteiger partial charge in [0.25, 0.3) is 0 Å². The number of anilines is 1. The third kappa shape index (κ3) is 6.18. The molecule has 0 radical (unpaired) electrons. The molecule has 0 bridgehead atoms. The van der Waals surface area contributed by atoms with Crippen LogP contribution in [0.2, 0.25) is 0 Å². The van der Waals surface area contributed by atoms with Crippen molar-refractivity contribution >= 4 is 21.6 Å². The summed E-state index contributed by atoms with van der Waals surface area (Å²) in [6.45, 7) is 6.07. The number of sulfonamides is 1. The van der Waals surface area contributed by atoms with Gasteiger partial charge in [0, 0.05) is 5.69 Å². The average molecular weight is 453 g/mol. The topological polar surface area (TPSA) is 84.5 Å². The van der Waals surface area contributed by atoms with Crippen LogP contribution in [-0.2, 0) is 21.2 Å². The first-order valence-electron chi connectivity index (χ1n) is 10.5. The molecular formula is C25H28N2O4S. The summed E-state index contributed by atoms with van der Waals surface area (Å²) in [7, 11) is -3.95. The average Bonchev–Trinajstić information content (AvgIpc) is 2.75. The second-order valence-electron chi connectivity index (χ2n) is 7.58. The number of rotatable bonds is 9. The van der Waals surface area contributed by atoms with Crippen molar-refractivity contribution in [3.05, 3.63) is 89.5 Å². The molecular weight excluding hydrogens is 424 g/mol. The molecule has 0 unspecified atom stereocenters. The first-order valence-corrected chi connectivity index (χ1v) is 11.9. The number of amides is 1. The molecule has 0 saturated carbocycles. The Bertz CT molecular complexity index is 1180. The number of hydrogen-bond donors (Lipinski definition) is 2. The molecule has 0 saturated heterocycles. The molecule has 3 rings (SSSR count). The highest BCUT2D eigenvalue weighted by molar-refractivity contribution is 7.89. The zero-order valence-electron chi connectivity index (χ0n) is 18.5. The lowest BCUT2D eigenvalue weighted by Gasteiger charge is -2.19. The van der Waals surface area contributed by atoms with E-state index in [1.807, 2.05) is 62.4 Å². The van der Waals surface area contributed by atoms with Crippen molar-refractivity contribution in [3.8, 4) is 5.75 Å². The standard InChI is InChI=1S/C25H28N2O4S/c1-4-31-24-14-13-22(16-19(24)3)32(29,30)27-23(17-20-10-6-5-7-11-20)25(28)26-21-12-8-9-18(2)15-21/h5-16,23,27H,4,17H2,1-3H3,(H,26,28)/t23-/m1/s1. The van der Waals surface area contributed by atoms with Crippen LogP contribution in [0, 0.1) is 13.8 Å². The Morgan fingerprint density at radius 1 is 0.969 bits per heavy atom. The zero-order valence-corrected chi connectivity index (χ0v) is 19.3. The van der Waals surface area contributed by atoms with Crippen LogP contribution >= 0.6 is 0 Å². The van der Waals surface area contributed by atoms with Gasteiger partial charge < -0.3 is 10.1 Å². The van der Waals surface area contributed by atoms with Crippen LogP contribution in [0.15, 0.2) is 77.7 Å². The minimum atomic E-state index is -3.95. The molecule has 3 aromatic rings. The molecule has 32 heavy (non-hydrogen) atoms. The molecule has 7 heteroatoms. The smallest absolute Gasteiger partial charge is 0.242 e. The van der Waals surface area contributed by atoms with Crippen LogP contribution in [-0.4, -0.2) is 27.0 Å². The molecule has 1 amide bonds. The Morgan fingerprint density at radius 3 is 2.38 bits per heavy atom. The van der Waals surface area contributed by atoms with Crippen LogP contribution in [0.3, 0.4) is 0 Å². The van der Waals surface area contributed by atoms with E-state index in [-0.39, 0.29) is 11.3 Å². The second kappa shape index (κ2) is 10.4. The molecule has 6 nitrogen and oxygen atoms in total. The Balaban J connectivity index is 1.87. The first kappa shape index (κ1) is 23.5. The number of hydrogen-bond acceptors (Lipinski definition) is 4. The predicted molar refractivity (Wildman–Crippen MR) is 126 cm³/mol. The summed E-state index contributed by atoms with van der Waals surface area (Å²) in [6, 6.07) is 20.4. The second-order valence-corrected chi connectivity index (χ2v) is 9.30. The van der Waals surface area contributed by atoms with Gasteiger partial charge in [-0.05, 0) is 74.2 Å². The summed E-state index contributed by atoms with van der Waals surface area (Å²) in [6.07, 6.45) is 0.216. The van der Waals surface area contributed by atoms with Gasteiger partial charge in [-0.2, -0.15) is 4.72 Å². The summed E-state index contributed by atoms with van der Waals surface area (Å²) >= 11 is 0. The summed E-state index contributed by atoms with van der Waals surface area (Å²) in [5.74, 6) is 0.204. The van der Waals surface area contributed by atoms with E-state index < -0.39 is 22.0 Å². The van der Waals surface area contributed by atoms with Gasteiger partial charge in [0.2, 0.25) is 15.9 Å². The van der Waals surface area contributed by atoms with Crippen molar-refractivity contribution in [2.45, 2.75) is 38.1 Å². The van der Waals surface area contributed by atoms with Gasteiger partial charge in [0.1, 0.15) is 11.8 Å². The molecule has 0 aliphatic rings. The SMILES string of the molecule is CCOc1ccc(S(=O)(=O)N[C@H](Cc2ccccc2)C(=O)Nc2cccc(C)c2)cc1C. The van der Waals surface area contributed by atoms with Crippen LogP contribution < -0.4 is 14.8 Å². The number of benzene rings is 3. The van der Waals surface area contributed by atoms with Gasteiger partial charge in [-0.1, -0.05) is 42.5 Å². The van der Waals surface area contributed by atoms with Gasteiger partial charge in [-0.25, -0.2) is 8.42 Å². The highest BCUT2D eigenvalue weighted by atomic mass is 32.2. The predicted octanol–water partition coefficient (Wildman–Crippen LogP) is 4.23. The lowest BCUT2D eigenvalue weighted by atomic mass is 10.1. The van der Waals surface area contributed by atoms with Gasteiger partial charge in [-0.15, -0.1) is 0 Å². The molecule has 0 fully saturated rings. The van der Waals surface area contributed by atoms with Crippen LogP contribution in [0.5, 0.6) is 5.75 Å². The molecule has 0 spiro atoms. The van der Waals surface area contributed by atoms with Crippen LogP contribution in [0.4, 0.5) is 5.69 Å². The summed E-state index contributed by atoms with van der Waals surface area (Å²) in [5, 5.41) is 2.83. The Labute approximate surface area is 189 Å². The van der Waals surface area contributed by atoms with Crippen LogP contribution in [0.1, 0.15) is 23.6 Å². The summed E-state index contributed by atoms with van der Waals surface area (Å²) in [4.78, 5) is 13.2. The maximum Gasteiger partial charge on any atom is 0.242 e. The maximum absolute atomic E-state index is 13.1. The third-order valence-electron chi connectivity index (χ3n) is 4.94. The number of nitrogens with one attached hydrogen (secondary N) is 2. The molecule has 0 aromatic heterocycles. The highest BCUT2D eigenvalue weighted by Crippen LogP contribution is 2.22. The van der Waals surface area contributed by atoms with Crippen LogP contribution in [0.25, 0.3) is 0 Å². The molecule has 0 aliphatic heterocycles. The number of carbonyl (C=O) groups is 1. The minimum absolute atomic E-state index is 0.0832. The molecule has 168 valence electrons. The summed E-state index contributed by atoms with van der Waals surface area (Å²) < 4.78 is 34.4. The molecule has 3 aromatic carbocycles. The Hall–Kier alpha value is -3.16. The fourth-order valence-electron chi connectivity index (χ4n) is 3.35. The van der Waals surface area contributed by atoms with Gasteiger partial charge in [0.15, 0.2) is 0 Å². The van der Waals surface area contributed by atoms with Crippen molar-refractivity contribution in [2.75, 3.05) is 11.9 Å². The zero-order chi connectivity index (χ0) is 23.1. The molecule has 2 N–H and O–H groups in total. The molecule has 0 aliphatic carbocycles. The maximum atomic E-state index is 13.1. The normalized spacial score (nSPS) is 12.2. The Kier molecular flexibility index (Phi) is 7.66. The van der Waals surface area contributed by atoms with E-state index >= 15 is 0 Å². The monoisotopic (exact) mass is 452 g/mol. The number of carbonyl (C=O) groups excluding carboxylic acids is 1. The van der Waals surface area contributed by atoms with E-state index in [9.17, 15) is 13.2 Å². The number of aryl methyl sites for hydroxylation is 2. The third-order valence-corrected chi connectivity index (χ3v) is 6.41. The fourth-order valence-corrected chi connectivity index (χ4v) is 4.63. The van der Waals surface area contributed by atoms with Gasteiger partial charge in [-0.3, -0.25) is 4.79 Å². The van der Waals surface area contributed by atoms with E-state index in [4.69, 9.17) is 4.74 Å². The van der Waals surface area contributed by atoms with Crippen molar-refractivity contribution in [1.29, 1.82) is 0 Å². The highest BCUT2D eigenvalue weighted by Gasteiger charge is 2.26. The minimum Gasteiger partial charge on any atom is -0.494 e. The van der Waals surface area contributed by atoms with E-state index in [2.05, 4.69) is 10.0 Å². The fraction of sp³-hybridized carbons (Fsp3) is 0.240.